The molecular formula is C64H40O6. The summed E-state index contributed by atoms with van der Waals surface area (Å²) in [5.74, 6) is -4.32. The molecule has 0 unspecified atom stereocenters. The summed E-state index contributed by atoms with van der Waals surface area (Å²) >= 11 is 0. The van der Waals surface area contributed by atoms with E-state index in [2.05, 4.69) is 158 Å². The standard InChI is InChI=1S/C64H40O6/c65-60-59(61(66)63(68)64(69)62(60)67)57-49-21-11-9-19-47(49)55(48-20-10-12-22-50(48)57)39-25-23-37(24-26-39)52-34-42-33-40(27-29-43(42)45-17-7-8-18-46(45)52)41-28-30-51-54(35-41)70-53-32-31-44(36-13-3-1-4-14-36)56(58(51)53)38-15-5-2-6-16-38/h1-35,65-69H. The Bertz CT molecular complexity index is 4180. The molecule has 0 bridgehead atoms. The Morgan fingerprint density at radius 3 is 1.33 bits per heavy atom. The van der Waals surface area contributed by atoms with Crippen LogP contribution in [-0.2, 0) is 0 Å². The highest BCUT2D eigenvalue weighted by molar-refractivity contribution is 6.23. The molecule has 0 saturated carbocycles. The number of phenolic OH excluding ortho intramolecular Hbond substituents is 5. The molecule has 6 nitrogen and oxygen atoms in total. The van der Waals surface area contributed by atoms with E-state index in [-0.39, 0.29) is 5.56 Å². The van der Waals surface area contributed by atoms with Gasteiger partial charge >= 0.3 is 0 Å². The van der Waals surface area contributed by atoms with Gasteiger partial charge in [0.2, 0.25) is 17.2 Å². The number of benzene rings is 12. The number of hydrogen-bond acceptors (Lipinski definition) is 6. The summed E-state index contributed by atoms with van der Waals surface area (Å²) in [5.41, 5.74) is 12.7. The van der Waals surface area contributed by atoms with Crippen molar-refractivity contribution in [3.63, 3.8) is 0 Å². The fourth-order valence-electron chi connectivity index (χ4n) is 10.8. The molecule has 0 aliphatic rings. The summed E-state index contributed by atoms with van der Waals surface area (Å²) in [6.07, 6.45) is 0. The van der Waals surface area contributed by atoms with Gasteiger partial charge in [-0.25, -0.2) is 0 Å². The molecule has 332 valence electrons. The maximum absolute atomic E-state index is 11.2. The van der Waals surface area contributed by atoms with E-state index in [4.69, 9.17) is 4.42 Å². The van der Waals surface area contributed by atoms with Crippen LogP contribution in [0, 0.1) is 0 Å². The van der Waals surface area contributed by atoms with E-state index in [9.17, 15) is 25.5 Å². The highest BCUT2D eigenvalue weighted by Gasteiger charge is 2.28. The van der Waals surface area contributed by atoms with E-state index in [0.29, 0.717) is 16.3 Å². The summed E-state index contributed by atoms with van der Waals surface area (Å²) < 4.78 is 6.68. The molecule has 6 heteroatoms. The van der Waals surface area contributed by atoms with E-state index in [1.807, 2.05) is 54.6 Å². The molecule has 0 amide bonds. The molecule has 13 aromatic rings. The molecule has 1 heterocycles. The number of aromatic hydroxyl groups is 5. The van der Waals surface area contributed by atoms with Crippen molar-refractivity contribution in [2.75, 3.05) is 0 Å². The van der Waals surface area contributed by atoms with Gasteiger partial charge in [0, 0.05) is 21.9 Å². The Kier molecular flexibility index (Phi) is 9.19. The molecule has 5 N–H and O–H groups in total. The lowest BCUT2D eigenvalue weighted by Gasteiger charge is -2.20. The molecule has 0 spiro atoms. The Hall–Kier alpha value is -9.52. The summed E-state index contributed by atoms with van der Waals surface area (Å²) in [7, 11) is 0. The van der Waals surface area contributed by atoms with Gasteiger partial charge in [0.1, 0.15) is 11.2 Å². The Morgan fingerprint density at radius 2 is 0.700 bits per heavy atom. The first-order chi connectivity index (χ1) is 34.3. The zero-order chi connectivity index (χ0) is 47.2. The van der Waals surface area contributed by atoms with Crippen molar-refractivity contribution in [2.24, 2.45) is 0 Å². The molecule has 70 heavy (non-hydrogen) atoms. The number of fused-ring (bicyclic) bond motifs is 8. The fourth-order valence-corrected chi connectivity index (χ4v) is 10.8. The van der Waals surface area contributed by atoms with Gasteiger partial charge in [-0.3, -0.25) is 0 Å². The van der Waals surface area contributed by atoms with Crippen LogP contribution in [-0.4, -0.2) is 25.5 Å². The molecule has 0 fully saturated rings. The second-order valence-electron chi connectivity index (χ2n) is 17.8. The number of rotatable bonds is 6. The van der Waals surface area contributed by atoms with Crippen LogP contribution >= 0.6 is 0 Å². The van der Waals surface area contributed by atoms with E-state index >= 15 is 0 Å². The first-order valence-electron chi connectivity index (χ1n) is 23.1. The Labute approximate surface area is 401 Å². The van der Waals surface area contributed by atoms with Crippen molar-refractivity contribution in [3.05, 3.63) is 212 Å². The van der Waals surface area contributed by atoms with Gasteiger partial charge in [-0.05, 0) is 123 Å². The molecule has 1 aromatic heterocycles. The summed E-state index contributed by atoms with van der Waals surface area (Å²) in [6, 6.07) is 73.3. The van der Waals surface area contributed by atoms with Gasteiger partial charge in [-0.15, -0.1) is 0 Å². The minimum absolute atomic E-state index is 0.182. The van der Waals surface area contributed by atoms with Crippen LogP contribution in [0.1, 0.15) is 0 Å². The van der Waals surface area contributed by atoms with Crippen LogP contribution in [0.5, 0.6) is 28.7 Å². The first kappa shape index (κ1) is 40.7. The molecule has 0 aliphatic heterocycles. The summed E-state index contributed by atoms with van der Waals surface area (Å²) in [6.45, 7) is 0. The highest BCUT2D eigenvalue weighted by Crippen LogP contribution is 2.58. The van der Waals surface area contributed by atoms with Gasteiger partial charge in [0.25, 0.3) is 0 Å². The SMILES string of the molecule is Oc1c(O)c(O)c(-c2c3ccccc3c(-c3ccc(-c4cc5cc(-c6ccc7c(c6)oc6ccc(-c8ccccc8)c(-c8ccccc8)c67)ccc5c5ccccc45)cc3)c3ccccc23)c(O)c1O. The maximum Gasteiger partial charge on any atom is 0.208 e. The van der Waals surface area contributed by atoms with Gasteiger partial charge in [-0.1, -0.05) is 182 Å². The van der Waals surface area contributed by atoms with Crippen LogP contribution in [0.3, 0.4) is 0 Å². The van der Waals surface area contributed by atoms with Crippen LogP contribution in [0.15, 0.2) is 217 Å². The second-order valence-corrected chi connectivity index (χ2v) is 17.8. The largest absolute Gasteiger partial charge is 0.504 e. The van der Waals surface area contributed by atoms with E-state index < -0.39 is 28.7 Å². The fraction of sp³-hybridized carbons (Fsp3) is 0. The van der Waals surface area contributed by atoms with Crippen molar-refractivity contribution in [3.8, 4) is 95.5 Å². The van der Waals surface area contributed by atoms with Crippen molar-refractivity contribution >= 4 is 65.0 Å². The summed E-state index contributed by atoms with van der Waals surface area (Å²) in [5, 5.41) is 63.5. The van der Waals surface area contributed by atoms with E-state index in [1.54, 1.807) is 0 Å². The smallest absolute Gasteiger partial charge is 0.208 e. The van der Waals surface area contributed by atoms with Crippen LogP contribution in [0.4, 0.5) is 0 Å². The molecule has 0 aliphatic carbocycles. The van der Waals surface area contributed by atoms with Gasteiger partial charge < -0.3 is 29.9 Å². The first-order valence-corrected chi connectivity index (χ1v) is 23.1. The summed E-state index contributed by atoms with van der Waals surface area (Å²) in [4.78, 5) is 0. The van der Waals surface area contributed by atoms with Crippen molar-refractivity contribution in [1.82, 2.24) is 0 Å². The molecule has 13 rings (SSSR count). The lowest BCUT2D eigenvalue weighted by Crippen LogP contribution is -1.92. The third-order valence-electron chi connectivity index (χ3n) is 14.0. The van der Waals surface area contributed by atoms with E-state index in [0.717, 1.165) is 110 Å². The molecular weight excluding hydrogens is 865 g/mol. The maximum atomic E-state index is 11.2. The number of hydrogen-bond donors (Lipinski definition) is 5. The van der Waals surface area contributed by atoms with Crippen LogP contribution in [0.2, 0.25) is 0 Å². The molecule has 0 saturated heterocycles. The van der Waals surface area contributed by atoms with Crippen molar-refractivity contribution in [1.29, 1.82) is 0 Å². The average Bonchev–Trinajstić information content (AvgIpc) is 3.80. The number of phenols is 5. The minimum atomic E-state index is -0.999. The van der Waals surface area contributed by atoms with Gasteiger partial charge in [-0.2, -0.15) is 0 Å². The third-order valence-corrected chi connectivity index (χ3v) is 14.0. The predicted octanol–water partition coefficient (Wildman–Crippen LogP) is 16.7. The lowest BCUT2D eigenvalue weighted by atomic mass is 9.84. The topological polar surface area (TPSA) is 114 Å². The predicted molar refractivity (Wildman–Crippen MR) is 285 cm³/mol. The van der Waals surface area contributed by atoms with Crippen molar-refractivity contribution in [2.45, 2.75) is 0 Å². The average molecular weight is 905 g/mol. The molecule has 0 atom stereocenters. The van der Waals surface area contributed by atoms with Gasteiger partial charge in [0.15, 0.2) is 11.5 Å². The Morgan fingerprint density at radius 1 is 0.243 bits per heavy atom. The number of furan rings is 1. The third kappa shape index (κ3) is 6.20. The molecule has 0 radical (unpaired) electrons. The highest BCUT2D eigenvalue weighted by atomic mass is 16.4. The van der Waals surface area contributed by atoms with E-state index in [1.165, 1.54) is 0 Å². The minimum Gasteiger partial charge on any atom is -0.504 e. The molecule has 12 aromatic carbocycles. The Balaban J connectivity index is 0.928. The van der Waals surface area contributed by atoms with Crippen LogP contribution < -0.4 is 0 Å². The zero-order valence-electron chi connectivity index (χ0n) is 37.4. The van der Waals surface area contributed by atoms with Crippen molar-refractivity contribution < 1.29 is 29.9 Å². The monoisotopic (exact) mass is 904 g/mol. The quantitative estimate of drug-likeness (QED) is 0.0491. The second kappa shape index (κ2) is 15.8. The van der Waals surface area contributed by atoms with Crippen LogP contribution in [0.25, 0.3) is 132 Å². The zero-order valence-corrected chi connectivity index (χ0v) is 37.4. The lowest BCUT2D eigenvalue weighted by molar-refractivity contribution is 0.330. The van der Waals surface area contributed by atoms with Gasteiger partial charge in [0.05, 0.1) is 5.56 Å². The normalized spacial score (nSPS) is 11.7.